The van der Waals surface area contributed by atoms with Crippen LogP contribution < -0.4 is 0 Å². The Balaban J connectivity index is 1.23. The lowest BCUT2D eigenvalue weighted by atomic mass is 9.88. The minimum atomic E-state index is 0.428. The zero-order valence-electron chi connectivity index (χ0n) is 37.4. The molecule has 0 saturated heterocycles. The molecule has 0 fully saturated rings. The molecule has 0 amide bonds. The molecule has 0 atom stereocenters. The van der Waals surface area contributed by atoms with Gasteiger partial charge in [0.25, 0.3) is 0 Å². The molecular weight excluding hydrogens is 909 g/mol. The maximum atomic E-state index is 12.3. The van der Waals surface area contributed by atoms with Crippen molar-refractivity contribution in [2.24, 2.45) is 0 Å². The highest BCUT2D eigenvalue weighted by Crippen LogP contribution is 2.55. The van der Waals surface area contributed by atoms with Crippen molar-refractivity contribution in [3.05, 3.63) is 211 Å². The Labute approximate surface area is 412 Å². The summed E-state index contributed by atoms with van der Waals surface area (Å²) in [7, 11) is 0. The molecule has 324 valence electrons. The van der Waals surface area contributed by atoms with Gasteiger partial charge >= 0.3 is 0 Å². The molecule has 15 rings (SSSR count). The lowest BCUT2D eigenvalue weighted by Gasteiger charge is -2.26. The Morgan fingerprint density at radius 3 is 1.51 bits per heavy atom. The normalized spacial score (nSPS) is 12.0. The van der Waals surface area contributed by atoms with Crippen LogP contribution in [-0.4, -0.2) is 9.13 Å². The monoisotopic (exact) mass is 942 g/mol. The molecule has 0 bridgehead atoms. The summed E-state index contributed by atoms with van der Waals surface area (Å²) in [4.78, 5) is 4.72. The molecule has 15 aromatic rings. The van der Waals surface area contributed by atoms with Crippen LogP contribution in [0, 0.1) is 24.8 Å². The smallest absolute Gasteiger partial charge is 0.221 e. The standard InChI is InChI=1S/C63H34N4S3/c1-35-16-15-27-51-52(35)46-33-30-41-38-21-9-12-24-48(38)66(57(41)63(46)70-51)60-53(36-17-5-3-6-18-36)47(34-64)56(55(65-2)54(60)37-19-7-4-8-20-37)67-58-42(28-31-44-39-22-10-13-25-49(39)68-61(44)58)43-29-32-45-40-23-11-14-26-50(40)69-62(45)59(43)67/h3-33H,1H3. The molecule has 5 aromatic heterocycles. The first-order chi connectivity index (χ1) is 34.6. The molecule has 0 saturated carbocycles. The summed E-state index contributed by atoms with van der Waals surface area (Å²) in [6, 6.07) is 69.8. The number of thiophene rings is 3. The summed E-state index contributed by atoms with van der Waals surface area (Å²) in [6.07, 6.45) is 0. The molecule has 70 heavy (non-hydrogen) atoms. The Morgan fingerprint density at radius 1 is 0.429 bits per heavy atom. The van der Waals surface area contributed by atoms with Crippen LogP contribution in [0.3, 0.4) is 0 Å². The van der Waals surface area contributed by atoms with Crippen LogP contribution in [0.2, 0.25) is 0 Å². The highest BCUT2D eigenvalue weighted by Gasteiger charge is 2.33. The van der Waals surface area contributed by atoms with Gasteiger partial charge in [-0.15, -0.1) is 34.0 Å². The fourth-order valence-electron chi connectivity index (χ4n) is 11.6. The first-order valence-corrected chi connectivity index (χ1v) is 25.7. The molecule has 0 N–H and O–H groups in total. The maximum Gasteiger partial charge on any atom is 0.221 e. The number of fused-ring (bicyclic) bond motifs is 18. The second-order valence-corrected chi connectivity index (χ2v) is 21.2. The van der Waals surface area contributed by atoms with Crippen molar-refractivity contribution in [1.29, 1.82) is 5.26 Å². The fraction of sp³-hybridized carbons (Fsp3) is 0.0159. The first-order valence-electron chi connectivity index (χ1n) is 23.3. The first kappa shape index (κ1) is 39.4. The number of hydrogen-bond acceptors (Lipinski definition) is 4. The van der Waals surface area contributed by atoms with E-state index in [-0.39, 0.29) is 0 Å². The van der Waals surface area contributed by atoms with Gasteiger partial charge in [-0.25, -0.2) is 4.85 Å². The lowest BCUT2D eigenvalue weighted by molar-refractivity contribution is 1.15. The maximum absolute atomic E-state index is 12.3. The van der Waals surface area contributed by atoms with E-state index in [1.807, 2.05) is 23.5 Å². The molecule has 4 nitrogen and oxygen atoms in total. The summed E-state index contributed by atoms with van der Waals surface area (Å²) in [5, 5.41) is 23.9. The van der Waals surface area contributed by atoms with Crippen LogP contribution in [-0.2, 0) is 0 Å². The number of nitrogens with zero attached hydrogens (tertiary/aromatic N) is 4. The van der Waals surface area contributed by atoms with Gasteiger partial charge in [0.05, 0.1) is 59.7 Å². The number of benzene rings is 10. The van der Waals surface area contributed by atoms with E-state index in [2.05, 4.69) is 198 Å². The van der Waals surface area contributed by atoms with E-state index >= 15 is 0 Å². The van der Waals surface area contributed by atoms with Gasteiger partial charge in [0.2, 0.25) is 5.69 Å². The van der Waals surface area contributed by atoms with Crippen molar-refractivity contribution in [1.82, 2.24) is 9.13 Å². The van der Waals surface area contributed by atoms with Crippen LogP contribution in [0.5, 0.6) is 0 Å². The highest BCUT2D eigenvalue weighted by atomic mass is 32.1. The second kappa shape index (κ2) is 14.7. The zero-order valence-corrected chi connectivity index (χ0v) is 39.9. The molecule has 0 spiro atoms. The number of aryl methyl sites for hydroxylation is 1. The number of hydrogen-bond donors (Lipinski definition) is 0. The van der Waals surface area contributed by atoms with Crippen molar-refractivity contribution in [2.45, 2.75) is 6.92 Å². The van der Waals surface area contributed by atoms with Crippen molar-refractivity contribution in [3.63, 3.8) is 0 Å². The molecular formula is C63H34N4S3. The van der Waals surface area contributed by atoms with Crippen LogP contribution in [0.25, 0.3) is 143 Å². The quantitative estimate of drug-likeness (QED) is 0.162. The Bertz CT molecular complexity index is 4650. The van der Waals surface area contributed by atoms with E-state index in [0.717, 1.165) is 91.7 Å². The Hall–Kier alpha value is -8.56. The zero-order chi connectivity index (χ0) is 46.4. The number of nitriles is 1. The van der Waals surface area contributed by atoms with E-state index in [1.165, 1.54) is 45.9 Å². The van der Waals surface area contributed by atoms with E-state index in [4.69, 9.17) is 4.85 Å². The van der Waals surface area contributed by atoms with E-state index < -0.39 is 0 Å². The third-order valence-corrected chi connectivity index (χ3v) is 18.1. The molecule has 0 unspecified atom stereocenters. The molecule has 0 aliphatic carbocycles. The average Bonchev–Trinajstić information content (AvgIpc) is 4.23. The van der Waals surface area contributed by atoms with E-state index in [0.29, 0.717) is 16.9 Å². The third-order valence-electron chi connectivity index (χ3n) is 14.5. The summed E-state index contributed by atoms with van der Waals surface area (Å²) in [6.45, 7) is 11.8. The number of aromatic nitrogens is 2. The van der Waals surface area contributed by atoms with Gasteiger partial charge in [-0.1, -0.05) is 164 Å². The van der Waals surface area contributed by atoms with Crippen LogP contribution in [0.1, 0.15) is 11.1 Å². The molecule has 0 radical (unpaired) electrons. The van der Waals surface area contributed by atoms with Gasteiger partial charge in [0.15, 0.2) is 0 Å². The Morgan fingerprint density at radius 2 is 0.900 bits per heavy atom. The second-order valence-electron chi connectivity index (χ2n) is 18.1. The fourth-order valence-corrected chi connectivity index (χ4v) is 15.4. The summed E-state index contributed by atoms with van der Waals surface area (Å²) >= 11 is 5.38. The van der Waals surface area contributed by atoms with E-state index in [9.17, 15) is 11.8 Å². The van der Waals surface area contributed by atoms with Crippen LogP contribution in [0.15, 0.2) is 188 Å². The van der Waals surface area contributed by atoms with Gasteiger partial charge in [0, 0.05) is 79.1 Å². The van der Waals surface area contributed by atoms with Gasteiger partial charge in [-0.05, 0) is 47.9 Å². The van der Waals surface area contributed by atoms with Gasteiger partial charge in [-0.3, -0.25) is 0 Å². The predicted octanol–water partition coefficient (Wildman–Crippen LogP) is 19.0. The van der Waals surface area contributed by atoms with Crippen molar-refractivity contribution < 1.29 is 0 Å². The number of rotatable bonds is 4. The van der Waals surface area contributed by atoms with Gasteiger partial charge < -0.3 is 9.13 Å². The van der Waals surface area contributed by atoms with Crippen molar-refractivity contribution >= 4 is 144 Å². The van der Waals surface area contributed by atoms with Crippen molar-refractivity contribution in [3.8, 4) is 39.7 Å². The largest absolute Gasteiger partial charge is 0.315 e. The predicted molar refractivity (Wildman–Crippen MR) is 300 cm³/mol. The van der Waals surface area contributed by atoms with Gasteiger partial charge in [0.1, 0.15) is 6.07 Å². The lowest BCUT2D eigenvalue weighted by Crippen LogP contribution is -2.08. The molecule has 7 heteroatoms. The van der Waals surface area contributed by atoms with Crippen LogP contribution >= 0.6 is 34.0 Å². The molecule has 0 aliphatic rings. The SMILES string of the molecule is [C-]#[N+]c1c(-c2ccccc2)c(-n2c3ccccc3c3ccc4c(sc5cccc(C)c54)c32)c(-c2ccccc2)c(C#N)c1-n1c2c(ccc3c4ccccc4sc32)c2ccc3c4ccccc4sc3c21. The van der Waals surface area contributed by atoms with Gasteiger partial charge in [-0.2, -0.15) is 5.26 Å². The minimum absolute atomic E-state index is 0.428. The highest BCUT2D eigenvalue weighted by molar-refractivity contribution is 7.27. The summed E-state index contributed by atoms with van der Waals surface area (Å²) in [5.41, 5.74) is 11.0. The molecule has 5 heterocycles. The minimum Gasteiger partial charge on any atom is -0.315 e. The molecule has 10 aromatic carbocycles. The third kappa shape index (κ3) is 5.21. The number of para-hydroxylation sites is 1. The molecule has 0 aliphatic heterocycles. The Kier molecular flexibility index (Phi) is 8.29. The summed E-state index contributed by atoms with van der Waals surface area (Å²) < 4.78 is 11.8. The van der Waals surface area contributed by atoms with E-state index in [1.54, 1.807) is 22.7 Å². The summed E-state index contributed by atoms with van der Waals surface area (Å²) in [5.74, 6) is 0. The van der Waals surface area contributed by atoms with Crippen molar-refractivity contribution in [2.75, 3.05) is 0 Å². The van der Waals surface area contributed by atoms with Crippen LogP contribution in [0.4, 0.5) is 5.69 Å². The topological polar surface area (TPSA) is 38.0 Å². The average molecular weight is 943 g/mol.